The highest BCUT2D eigenvalue weighted by molar-refractivity contribution is 7.10. The molecule has 0 spiro atoms. The van der Waals surface area contributed by atoms with Gasteiger partial charge in [0.1, 0.15) is 0 Å². The Hall–Kier alpha value is -1.09. The number of carbonyl (C=O) groups is 1. The second-order valence-electron chi connectivity index (χ2n) is 2.49. The van der Waals surface area contributed by atoms with Gasteiger partial charge in [0, 0.05) is 4.88 Å². The van der Waals surface area contributed by atoms with Gasteiger partial charge in [-0.15, -0.1) is 11.3 Å². The summed E-state index contributed by atoms with van der Waals surface area (Å²) < 4.78 is 0. The Morgan fingerprint density at radius 1 is 1.75 bits per heavy atom. The molecule has 0 bridgehead atoms. The molecule has 1 aromatic rings. The monoisotopic (exact) mass is 182 g/mol. The smallest absolute Gasteiger partial charge is 0.307 e. The van der Waals surface area contributed by atoms with Crippen LogP contribution in [0.25, 0.3) is 6.08 Å². The highest BCUT2D eigenvalue weighted by Gasteiger charge is 1.92. The van der Waals surface area contributed by atoms with Crippen LogP contribution in [0.5, 0.6) is 0 Å². The van der Waals surface area contributed by atoms with Crippen molar-refractivity contribution in [2.75, 3.05) is 0 Å². The number of thiophene rings is 1. The minimum Gasteiger partial charge on any atom is -0.481 e. The number of hydrogen-bond donors (Lipinski definition) is 1. The van der Waals surface area contributed by atoms with Crippen molar-refractivity contribution in [1.29, 1.82) is 0 Å². The van der Waals surface area contributed by atoms with E-state index in [0.29, 0.717) is 0 Å². The lowest BCUT2D eigenvalue weighted by Gasteiger charge is -1.83. The van der Waals surface area contributed by atoms with E-state index in [4.69, 9.17) is 5.11 Å². The van der Waals surface area contributed by atoms with Crippen LogP contribution in [0.4, 0.5) is 0 Å². The highest BCUT2D eigenvalue weighted by atomic mass is 32.1. The third-order valence-corrected chi connectivity index (χ3v) is 2.23. The molecule has 3 heteroatoms. The first kappa shape index (κ1) is 9.00. The minimum absolute atomic E-state index is 0.0922. The molecule has 1 aromatic heterocycles. The first-order valence-electron chi connectivity index (χ1n) is 3.62. The lowest BCUT2D eigenvalue weighted by Crippen LogP contribution is -1.89. The standard InChI is InChI=1S/C9H10O2S/c1-7-5-8(6-12-7)3-2-4-9(10)11/h2-3,5-6H,4H2,1H3,(H,10,11). The van der Waals surface area contributed by atoms with Gasteiger partial charge in [0.05, 0.1) is 6.42 Å². The molecule has 0 saturated carbocycles. The van der Waals surface area contributed by atoms with E-state index in [9.17, 15) is 4.79 Å². The van der Waals surface area contributed by atoms with Crippen molar-refractivity contribution in [1.82, 2.24) is 0 Å². The van der Waals surface area contributed by atoms with Gasteiger partial charge in [-0.05, 0) is 23.9 Å². The molecule has 2 nitrogen and oxygen atoms in total. The quantitative estimate of drug-likeness (QED) is 0.780. The molecule has 0 atom stereocenters. The lowest BCUT2D eigenvalue weighted by molar-refractivity contribution is -0.135. The molecule has 1 N–H and O–H groups in total. The van der Waals surface area contributed by atoms with Crippen molar-refractivity contribution in [2.45, 2.75) is 13.3 Å². The van der Waals surface area contributed by atoms with Gasteiger partial charge < -0.3 is 5.11 Å². The molecule has 0 aliphatic carbocycles. The van der Waals surface area contributed by atoms with Crippen LogP contribution in [0.15, 0.2) is 17.5 Å². The van der Waals surface area contributed by atoms with Crippen molar-refractivity contribution in [3.8, 4) is 0 Å². The third kappa shape index (κ3) is 2.88. The van der Waals surface area contributed by atoms with Crippen LogP contribution in [-0.2, 0) is 4.79 Å². The average molecular weight is 182 g/mol. The van der Waals surface area contributed by atoms with Crippen LogP contribution in [0, 0.1) is 6.92 Å². The highest BCUT2D eigenvalue weighted by Crippen LogP contribution is 2.14. The largest absolute Gasteiger partial charge is 0.481 e. The van der Waals surface area contributed by atoms with Crippen LogP contribution >= 0.6 is 11.3 Å². The fourth-order valence-electron chi connectivity index (χ4n) is 0.847. The Kier molecular flexibility index (Phi) is 3.05. The van der Waals surface area contributed by atoms with E-state index in [1.807, 2.05) is 24.4 Å². The third-order valence-electron chi connectivity index (χ3n) is 1.35. The maximum absolute atomic E-state index is 10.1. The zero-order valence-corrected chi connectivity index (χ0v) is 7.60. The summed E-state index contributed by atoms with van der Waals surface area (Å²) in [5, 5.41) is 10.4. The van der Waals surface area contributed by atoms with E-state index in [2.05, 4.69) is 0 Å². The van der Waals surface area contributed by atoms with Gasteiger partial charge in [-0.3, -0.25) is 4.79 Å². The maximum Gasteiger partial charge on any atom is 0.307 e. The predicted molar refractivity (Wildman–Crippen MR) is 50.3 cm³/mol. The fourth-order valence-corrected chi connectivity index (χ4v) is 1.52. The molecule has 1 heterocycles. The molecule has 0 aliphatic heterocycles. The lowest BCUT2D eigenvalue weighted by atomic mass is 10.2. The van der Waals surface area contributed by atoms with E-state index < -0.39 is 5.97 Å². The van der Waals surface area contributed by atoms with E-state index in [1.165, 1.54) is 4.88 Å². The average Bonchev–Trinajstić information content (AvgIpc) is 2.35. The molecule has 0 aromatic carbocycles. The molecule has 0 amide bonds. The Morgan fingerprint density at radius 3 is 3.00 bits per heavy atom. The first-order chi connectivity index (χ1) is 5.68. The van der Waals surface area contributed by atoms with Gasteiger partial charge in [-0.1, -0.05) is 12.2 Å². The molecule has 12 heavy (non-hydrogen) atoms. The van der Waals surface area contributed by atoms with Gasteiger partial charge in [0.2, 0.25) is 0 Å². The summed E-state index contributed by atoms with van der Waals surface area (Å²) in [7, 11) is 0. The molecular formula is C9H10O2S. The first-order valence-corrected chi connectivity index (χ1v) is 4.50. The van der Waals surface area contributed by atoms with Gasteiger partial charge in [0.15, 0.2) is 0 Å². The van der Waals surface area contributed by atoms with Crippen LogP contribution in [0.1, 0.15) is 16.9 Å². The number of aliphatic carboxylic acids is 1. The summed E-state index contributed by atoms with van der Waals surface area (Å²) in [6, 6.07) is 2.03. The second-order valence-corrected chi connectivity index (χ2v) is 3.61. The molecule has 0 saturated heterocycles. The van der Waals surface area contributed by atoms with E-state index in [-0.39, 0.29) is 6.42 Å². The summed E-state index contributed by atoms with van der Waals surface area (Å²) in [4.78, 5) is 11.4. The number of carboxylic acid groups (broad SMARTS) is 1. The Bertz CT molecular complexity index is 299. The maximum atomic E-state index is 10.1. The molecule has 0 aliphatic rings. The van der Waals surface area contributed by atoms with Crippen LogP contribution in [0.2, 0.25) is 0 Å². The van der Waals surface area contributed by atoms with Gasteiger partial charge >= 0.3 is 5.97 Å². The van der Waals surface area contributed by atoms with Gasteiger partial charge in [-0.25, -0.2) is 0 Å². The molecule has 0 radical (unpaired) electrons. The van der Waals surface area contributed by atoms with Gasteiger partial charge in [0.25, 0.3) is 0 Å². The number of carboxylic acids is 1. The van der Waals surface area contributed by atoms with Crippen molar-refractivity contribution in [3.63, 3.8) is 0 Å². The van der Waals surface area contributed by atoms with Crippen molar-refractivity contribution in [3.05, 3.63) is 28.0 Å². The Morgan fingerprint density at radius 2 is 2.50 bits per heavy atom. The number of hydrogen-bond acceptors (Lipinski definition) is 2. The molecule has 0 fully saturated rings. The van der Waals surface area contributed by atoms with E-state index >= 15 is 0 Å². The van der Waals surface area contributed by atoms with Crippen LogP contribution in [0.3, 0.4) is 0 Å². The summed E-state index contributed by atoms with van der Waals surface area (Å²) >= 11 is 1.66. The predicted octanol–water partition coefficient (Wildman–Crippen LogP) is 2.54. The summed E-state index contributed by atoms with van der Waals surface area (Å²) in [5.74, 6) is -0.793. The van der Waals surface area contributed by atoms with Crippen LogP contribution < -0.4 is 0 Å². The second kappa shape index (κ2) is 4.07. The number of aryl methyl sites for hydroxylation is 1. The number of rotatable bonds is 3. The fraction of sp³-hybridized carbons (Fsp3) is 0.222. The minimum atomic E-state index is -0.793. The summed E-state index contributed by atoms with van der Waals surface area (Å²) in [6.45, 7) is 2.03. The van der Waals surface area contributed by atoms with Crippen molar-refractivity contribution >= 4 is 23.4 Å². The SMILES string of the molecule is Cc1cc(C=CCC(=O)O)cs1. The zero-order valence-electron chi connectivity index (χ0n) is 6.78. The van der Waals surface area contributed by atoms with Crippen molar-refractivity contribution in [2.24, 2.45) is 0 Å². The molecule has 0 unspecified atom stereocenters. The Labute approximate surface area is 75.2 Å². The van der Waals surface area contributed by atoms with E-state index in [1.54, 1.807) is 17.4 Å². The Balaban J connectivity index is 2.52. The molecule has 64 valence electrons. The van der Waals surface area contributed by atoms with Crippen molar-refractivity contribution < 1.29 is 9.90 Å². The van der Waals surface area contributed by atoms with Gasteiger partial charge in [-0.2, -0.15) is 0 Å². The zero-order chi connectivity index (χ0) is 8.97. The normalized spacial score (nSPS) is 10.8. The van der Waals surface area contributed by atoms with E-state index in [0.717, 1.165) is 5.56 Å². The van der Waals surface area contributed by atoms with Crippen LogP contribution in [-0.4, -0.2) is 11.1 Å². The molecular weight excluding hydrogens is 172 g/mol. The topological polar surface area (TPSA) is 37.3 Å². The summed E-state index contributed by atoms with van der Waals surface area (Å²) in [5.41, 5.74) is 1.08. The summed E-state index contributed by atoms with van der Waals surface area (Å²) in [6.07, 6.45) is 3.58. The molecule has 1 rings (SSSR count).